The molecule has 0 bridgehead atoms. The molecule has 3 rings (SSSR count). The topological polar surface area (TPSA) is 101 Å². The molecule has 3 aliphatic rings. The van der Waals surface area contributed by atoms with Crippen LogP contribution in [0.5, 0.6) is 0 Å². The van der Waals surface area contributed by atoms with Crippen LogP contribution in [-0.4, -0.2) is 135 Å². The van der Waals surface area contributed by atoms with Crippen molar-refractivity contribution in [2.24, 2.45) is 29.1 Å². The van der Waals surface area contributed by atoms with Crippen molar-refractivity contribution in [2.45, 2.75) is 123 Å². The van der Waals surface area contributed by atoms with Crippen molar-refractivity contribution < 1.29 is 33.6 Å². The van der Waals surface area contributed by atoms with Crippen LogP contribution in [0.15, 0.2) is 0 Å². The molecule has 3 aliphatic heterocycles. The summed E-state index contributed by atoms with van der Waals surface area (Å²) >= 11 is 0. The Morgan fingerprint density at radius 1 is 1.11 bits per heavy atom. The fourth-order valence-electron chi connectivity index (χ4n) is 8.15. The largest absolute Gasteiger partial charge is 0.463 e. The van der Waals surface area contributed by atoms with Crippen molar-refractivity contribution in [1.82, 2.24) is 14.7 Å². The molecule has 0 aromatic heterocycles. The van der Waals surface area contributed by atoms with E-state index in [4.69, 9.17) is 18.9 Å². The lowest BCUT2D eigenvalue weighted by atomic mass is 9.74. The maximum Gasteiger partial charge on any atom is 0.319 e. The molecule has 0 aromatic rings. The third kappa shape index (κ3) is 9.27. The Bertz CT molecular complexity index is 977. The van der Waals surface area contributed by atoms with E-state index in [1.54, 1.807) is 27.9 Å². The van der Waals surface area contributed by atoms with E-state index in [0.29, 0.717) is 24.7 Å². The highest BCUT2D eigenvalue weighted by molar-refractivity contribution is 6.04. The van der Waals surface area contributed by atoms with Crippen LogP contribution in [0.1, 0.15) is 81.1 Å². The van der Waals surface area contributed by atoms with Gasteiger partial charge in [0.05, 0.1) is 17.8 Å². The number of carbonyl (C=O) groups excluding carboxylic acids is 2. The number of aliphatic hydroxyl groups excluding tert-OH is 1. The summed E-state index contributed by atoms with van der Waals surface area (Å²) < 4.78 is 25.1. The van der Waals surface area contributed by atoms with Crippen molar-refractivity contribution in [1.29, 1.82) is 0 Å². The van der Waals surface area contributed by atoms with Gasteiger partial charge in [0.15, 0.2) is 12.1 Å². The fourth-order valence-corrected chi connectivity index (χ4v) is 8.15. The van der Waals surface area contributed by atoms with Crippen molar-refractivity contribution in [3.05, 3.63) is 0 Å². The molecule has 3 saturated heterocycles. The van der Waals surface area contributed by atoms with Crippen LogP contribution in [0.3, 0.4) is 0 Å². The van der Waals surface area contributed by atoms with E-state index in [1.165, 1.54) is 0 Å². The Morgan fingerprint density at radius 3 is 2.38 bits per heavy atom. The van der Waals surface area contributed by atoms with Gasteiger partial charge in [-0.05, 0) is 98.8 Å². The minimum Gasteiger partial charge on any atom is -0.463 e. The second-order valence-corrected chi connectivity index (χ2v) is 15.9. The van der Waals surface area contributed by atoms with Gasteiger partial charge in [-0.25, -0.2) is 0 Å². The number of cyclic esters (lactones) is 1. The van der Waals surface area contributed by atoms with E-state index in [1.807, 2.05) is 32.8 Å². The zero-order valence-electron chi connectivity index (χ0n) is 30.4. The second kappa shape index (κ2) is 15.8. The molecule has 3 heterocycles. The first-order chi connectivity index (χ1) is 20.9. The third-order valence-corrected chi connectivity index (χ3v) is 10.6. The molecule has 0 spiro atoms. The number of hydrogen-bond donors (Lipinski definition) is 1. The number of nitrogens with zero attached hydrogens (tertiary/aromatic N) is 3. The maximum atomic E-state index is 14.3. The Kier molecular flexibility index (Phi) is 13.5. The van der Waals surface area contributed by atoms with E-state index in [-0.39, 0.29) is 36.5 Å². The monoisotopic (exact) mass is 639 g/mol. The summed E-state index contributed by atoms with van der Waals surface area (Å²) in [6.07, 6.45) is 0.662. The fraction of sp³-hybridized carbons (Fsp3) is 0.943. The number of likely N-dealkylation sites (tertiary alicyclic amines) is 1. The number of aliphatic hydroxyl groups is 1. The third-order valence-electron chi connectivity index (χ3n) is 10.6. The second-order valence-electron chi connectivity index (χ2n) is 15.9. The van der Waals surface area contributed by atoms with E-state index >= 15 is 0 Å². The van der Waals surface area contributed by atoms with Crippen molar-refractivity contribution >= 4 is 11.8 Å². The van der Waals surface area contributed by atoms with Gasteiger partial charge in [-0.1, -0.05) is 27.7 Å². The number of likely N-dealkylation sites (N-methyl/N-ethyl adjacent to an activating group) is 2. The summed E-state index contributed by atoms with van der Waals surface area (Å²) in [5.74, 6) is -0.429. The van der Waals surface area contributed by atoms with E-state index in [9.17, 15) is 14.7 Å². The van der Waals surface area contributed by atoms with Crippen LogP contribution in [0.2, 0.25) is 0 Å². The predicted molar refractivity (Wildman–Crippen MR) is 176 cm³/mol. The van der Waals surface area contributed by atoms with Crippen LogP contribution < -0.4 is 0 Å². The van der Waals surface area contributed by atoms with Crippen molar-refractivity contribution in [3.63, 3.8) is 0 Å². The molecule has 10 atom stereocenters. The van der Waals surface area contributed by atoms with Gasteiger partial charge in [-0.15, -0.1) is 0 Å². The van der Waals surface area contributed by atoms with Gasteiger partial charge in [0.25, 0.3) is 0 Å². The zero-order valence-corrected chi connectivity index (χ0v) is 30.4. The molecule has 0 aromatic carbocycles. The molecule has 3 fully saturated rings. The number of rotatable bonds is 7. The molecule has 10 heteroatoms. The molecular weight excluding hydrogens is 574 g/mol. The number of ketones is 1. The Hall–Kier alpha value is -1.14. The minimum atomic E-state index is -1.40. The SMILES string of the molecule is CO[C@]1(C)C[C@@H](C)CN(C)[C@H](C2CCCN(CC(C)C)C2)COC(=O)C(C)(C)C(=O)[C@H](C)[C@H]1O[C@@H]1O[C@H](C)C[C@H](N(C)C)[C@H]1O. The number of hydrogen-bond acceptors (Lipinski definition) is 10. The lowest BCUT2D eigenvalue weighted by Gasteiger charge is -2.47. The number of esters is 1. The summed E-state index contributed by atoms with van der Waals surface area (Å²) in [4.78, 5) is 34.9. The van der Waals surface area contributed by atoms with E-state index in [2.05, 4.69) is 37.6 Å². The summed E-state index contributed by atoms with van der Waals surface area (Å²) in [6, 6.07) is -0.132. The van der Waals surface area contributed by atoms with Gasteiger partial charge in [-0.2, -0.15) is 0 Å². The standard InChI is InChI=1S/C35H65N3O7/c1-22(2)18-38-15-13-14-26(20-38)28-21-43-33(41)34(6,7)30(40)25(5)31(35(8,42-12)17-23(3)19-37(28)11)45-32-29(39)27(36(9)10)16-24(4)44-32/h22-29,31-32,39H,13-21H2,1-12H3/t23-,24-,25+,26?,27+,28+,29-,31-,32+,35-/m1/s1. The number of carbonyl (C=O) groups is 2. The lowest BCUT2D eigenvalue weighted by Crippen LogP contribution is -2.59. The Morgan fingerprint density at radius 2 is 1.78 bits per heavy atom. The number of methoxy groups -OCH3 is 1. The molecule has 0 amide bonds. The van der Waals surface area contributed by atoms with Gasteiger partial charge >= 0.3 is 5.97 Å². The van der Waals surface area contributed by atoms with Crippen LogP contribution in [-0.2, 0) is 28.5 Å². The first kappa shape index (κ1) is 38.3. The molecule has 10 nitrogen and oxygen atoms in total. The van der Waals surface area contributed by atoms with Crippen LogP contribution in [0.25, 0.3) is 0 Å². The molecule has 1 unspecified atom stereocenters. The summed E-state index contributed by atoms with van der Waals surface area (Å²) in [5.41, 5.74) is -2.31. The number of ether oxygens (including phenoxy) is 4. The Balaban J connectivity index is 1.97. The Labute approximate surface area is 273 Å². The van der Waals surface area contributed by atoms with Gasteiger partial charge in [0.1, 0.15) is 18.1 Å². The molecule has 0 radical (unpaired) electrons. The number of Topliss-reactive ketones (excluding diaryl/α,β-unsaturated/α-hetero) is 1. The molecule has 0 aliphatic carbocycles. The minimum absolute atomic E-state index is 0.0338. The van der Waals surface area contributed by atoms with Crippen LogP contribution in [0.4, 0.5) is 0 Å². The first-order valence-electron chi connectivity index (χ1n) is 17.3. The maximum absolute atomic E-state index is 14.3. The molecule has 0 saturated carbocycles. The normalized spacial score (nSPS) is 40.1. The molecule has 45 heavy (non-hydrogen) atoms. The quantitative estimate of drug-likeness (QED) is 0.328. The average molecular weight is 640 g/mol. The lowest BCUT2D eigenvalue weighted by molar-refractivity contribution is -0.295. The predicted octanol–water partition coefficient (Wildman–Crippen LogP) is 3.69. The summed E-state index contributed by atoms with van der Waals surface area (Å²) in [5, 5.41) is 11.3. The zero-order chi connectivity index (χ0) is 33.9. The van der Waals surface area contributed by atoms with Crippen molar-refractivity contribution in [3.8, 4) is 0 Å². The van der Waals surface area contributed by atoms with Crippen LogP contribution in [0, 0.1) is 29.1 Å². The van der Waals surface area contributed by atoms with Crippen molar-refractivity contribution in [2.75, 3.05) is 61.0 Å². The number of piperidine rings is 1. The highest BCUT2D eigenvalue weighted by atomic mass is 16.7. The van der Waals surface area contributed by atoms with Gasteiger partial charge in [-0.3, -0.25) is 14.5 Å². The highest BCUT2D eigenvalue weighted by Gasteiger charge is 2.51. The van der Waals surface area contributed by atoms with E-state index < -0.39 is 41.4 Å². The smallest absolute Gasteiger partial charge is 0.319 e. The van der Waals surface area contributed by atoms with Gasteiger partial charge in [0, 0.05) is 44.7 Å². The molecule has 1 N–H and O–H groups in total. The summed E-state index contributed by atoms with van der Waals surface area (Å²) in [6.45, 7) is 19.9. The highest BCUT2D eigenvalue weighted by Crippen LogP contribution is 2.38. The molecule has 262 valence electrons. The van der Waals surface area contributed by atoms with Gasteiger partial charge < -0.3 is 33.9 Å². The van der Waals surface area contributed by atoms with Gasteiger partial charge in [0.2, 0.25) is 0 Å². The average Bonchev–Trinajstić information content (AvgIpc) is 2.95. The van der Waals surface area contributed by atoms with Crippen LogP contribution >= 0.6 is 0 Å². The summed E-state index contributed by atoms with van der Waals surface area (Å²) in [7, 11) is 7.64. The van der Waals surface area contributed by atoms with E-state index in [0.717, 1.165) is 39.0 Å². The first-order valence-corrected chi connectivity index (χ1v) is 17.3. The molecular formula is C35H65N3O7.